The molecule has 4 nitrogen and oxygen atoms in total. The van der Waals surface area contributed by atoms with Crippen LogP contribution in [0.2, 0.25) is 0 Å². The van der Waals surface area contributed by atoms with Crippen LogP contribution < -0.4 is 5.73 Å². The van der Waals surface area contributed by atoms with Crippen LogP contribution in [0.1, 0.15) is 36.8 Å². The van der Waals surface area contributed by atoms with Crippen molar-refractivity contribution in [2.45, 2.75) is 43.3 Å². The number of carboxylic acid groups (broad SMARTS) is 1. The van der Waals surface area contributed by atoms with Gasteiger partial charge in [0.15, 0.2) is 0 Å². The number of halogens is 3. The lowest BCUT2D eigenvalue weighted by Crippen LogP contribution is -2.44. The topological polar surface area (TPSA) is 76.2 Å². The van der Waals surface area contributed by atoms with Crippen LogP contribution in [0.25, 0.3) is 0 Å². The molecule has 1 saturated carbocycles. The summed E-state index contributed by atoms with van der Waals surface area (Å²) < 4.78 is 39.2. The van der Waals surface area contributed by atoms with Crippen LogP contribution in [-0.4, -0.2) is 22.1 Å². The van der Waals surface area contributed by atoms with Gasteiger partial charge in [0.25, 0.3) is 0 Å². The standard InChI is InChI=1S/C13H15F3N2O2/c14-13(15,16)10-7-18-6-3-9(10)12(11(19)20)4-1-8(17)2-5-12/h3,6-8H,1-2,4-5,17H2,(H,19,20). The third-order valence-electron chi connectivity index (χ3n) is 3.94. The molecule has 2 rings (SSSR count). The smallest absolute Gasteiger partial charge is 0.418 e. The third kappa shape index (κ3) is 2.49. The molecule has 0 atom stereocenters. The van der Waals surface area contributed by atoms with Crippen molar-refractivity contribution in [3.8, 4) is 0 Å². The van der Waals surface area contributed by atoms with E-state index in [2.05, 4.69) is 4.98 Å². The minimum Gasteiger partial charge on any atom is -0.481 e. The second-order valence-corrected chi connectivity index (χ2v) is 5.14. The molecular weight excluding hydrogens is 273 g/mol. The summed E-state index contributed by atoms with van der Waals surface area (Å²) in [6.07, 6.45) is -1.73. The Morgan fingerprint density at radius 3 is 2.50 bits per heavy atom. The number of hydrogen-bond donors (Lipinski definition) is 2. The minimum absolute atomic E-state index is 0.108. The maximum absolute atomic E-state index is 13.1. The molecule has 110 valence electrons. The van der Waals surface area contributed by atoms with Gasteiger partial charge in [-0.2, -0.15) is 13.2 Å². The summed E-state index contributed by atoms with van der Waals surface area (Å²) in [5.41, 5.74) is 3.02. The Morgan fingerprint density at radius 1 is 1.40 bits per heavy atom. The molecule has 1 aliphatic carbocycles. The zero-order chi connectivity index (χ0) is 15.0. The number of alkyl halides is 3. The van der Waals surface area contributed by atoms with Gasteiger partial charge in [-0.3, -0.25) is 9.78 Å². The highest BCUT2D eigenvalue weighted by molar-refractivity contribution is 5.82. The molecule has 3 N–H and O–H groups in total. The monoisotopic (exact) mass is 288 g/mol. The average Bonchev–Trinajstić information content (AvgIpc) is 2.38. The van der Waals surface area contributed by atoms with Crippen molar-refractivity contribution in [2.24, 2.45) is 5.73 Å². The number of aliphatic carboxylic acids is 1. The first-order valence-electron chi connectivity index (χ1n) is 6.28. The van der Waals surface area contributed by atoms with Crippen LogP contribution in [0, 0.1) is 0 Å². The van der Waals surface area contributed by atoms with Crippen molar-refractivity contribution in [2.75, 3.05) is 0 Å². The van der Waals surface area contributed by atoms with E-state index in [0.717, 1.165) is 6.07 Å². The van der Waals surface area contributed by atoms with Crippen LogP contribution in [0.3, 0.4) is 0 Å². The van der Waals surface area contributed by atoms with Crippen molar-refractivity contribution >= 4 is 5.97 Å². The molecule has 1 aromatic heterocycles. The maximum Gasteiger partial charge on any atom is 0.418 e. The first kappa shape index (κ1) is 14.8. The van der Waals surface area contributed by atoms with E-state index < -0.39 is 23.1 Å². The Morgan fingerprint density at radius 2 is 2.00 bits per heavy atom. The van der Waals surface area contributed by atoms with Gasteiger partial charge in [0.1, 0.15) is 0 Å². The summed E-state index contributed by atoms with van der Waals surface area (Å²) in [5, 5.41) is 9.49. The lowest BCUT2D eigenvalue weighted by Gasteiger charge is -2.37. The Labute approximate surface area is 113 Å². The van der Waals surface area contributed by atoms with Gasteiger partial charge in [0.05, 0.1) is 11.0 Å². The molecule has 7 heteroatoms. The molecule has 0 radical (unpaired) electrons. The molecule has 0 aliphatic heterocycles. The molecule has 0 amide bonds. The zero-order valence-electron chi connectivity index (χ0n) is 10.7. The number of nitrogens with zero attached hydrogens (tertiary/aromatic N) is 1. The third-order valence-corrected chi connectivity index (χ3v) is 3.94. The normalized spacial score (nSPS) is 27.3. The first-order valence-corrected chi connectivity index (χ1v) is 6.28. The van der Waals surface area contributed by atoms with E-state index in [4.69, 9.17) is 5.73 Å². The number of pyridine rings is 1. The summed E-state index contributed by atoms with van der Waals surface area (Å²) in [5.74, 6) is -1.24. The molecule has 0 spiro atoms. The van der Waals surface area contributed by atoms with Gasteiger partial charge in [0, 0.05) is 18.4 Å². The van der Waals surface area contributed by atoms with Gasteiger partial charge in [-0.15, -0.1) is 0 Å². The number of rotatable bonds is 2. The second kappa shape index (κ2) is 5.05. The van der Waals surface area contributed by atoms with E-state index in [-0.39, 0.29) is 24.4 Å². The predicted octanol–water partition coefficient (Wildman–Crippen LogP) is 2.32. The summed E-state index contributed by atoms with van der Waals surface area (Å²) in [4.78, 5) is 15.1. The Hall–Kier alpha value is -1.63. The summed E-state index contributed by atoms with van der Waals surface area (Å²) in [6, 6.07) is 1.01. The van der Waals surface area contributed by atoms with Gasteiger partial charge < -0.3 is 10.8 Å². The van der Waals surface area contributed by atoms with Crippen LogP contribution in [0.4, 0.5) is 13.2 Å². The average molecular weight is 288 g/mol. The van der Waals surface area contributed by atoms with Crippen LogP contribution in [0.15, 0.2) is 18.5 Å². The van der Waals surface area contributed by atoms with Crippen molar-refractivity contribution in [1.82, 2.24) is 4.98 Å². The lowest BCUT2D eigenvalue weighted by molar-refractivity contribution is -0.147. The van der Waals surface area contributed by atoms with Gasteiger partial charge in [-0.25, -0.2) is 0 Å². The van der Waals surface area contributed by atoms with E-state index in [9.17, 15) is 23.1 Å². The van der Waals surface area contributed by atoms with Crippen molar-refractivity contribution in [1.29, 1.82) is 0 Å². The van der Waals surface area contributed by atoms with Gasteiger partial charge in [-0.05, 0) is 37.3 Å². The minimum atomic E-state index is -4.62. The van der Waals surface area contributed by atoms with Gasteiger partial charge in [-0.1, -0.05) is 0 Å². The predicted molar refractivity (Wildman–Crippen MR) is 65.0 cm³/mol. The van der Waals surface area contributed by atoms with E-state index in [1.165, 1.54) is 6.20 Å². The maximum atomic E-state index is 13.1. The Bertz CT molecular complexity index is 509. The lowest BCUT2D eigenvalue weighted by atomic mass is 9.67. The highest BCUT2D eigenvalue weighted by Crippen LogP contribution is 2.44. The van der Waals surface area contributed by atoms with E-state index >= 15 is 0 Å². The molecule has 0 bridgehead atoms. The van der Waals surface area contributed by atoms with E-state index in [1.807, 2.05) is 0 Å². The summed E-state index contributed by atoms with van der Waals surface area (Å²) in [6.45, 7) is 0. The number of carboxylic acids is 1. The largest absolute Gasteiger partial charge is 0.481 e. The molecule has 0 aromatic carbocycles. The first-order chi connectivity index (χ1) is 9.27. The number of aromatic nitrogens is 1. The SMILES string of the molecule is NC1CCC(C(=O)O)(c2ccncc2C(F)(F)F)CC1. The molecule has 1 fully saturated rings. The second-order valence-electron chi connectivity index (χ2n) is 5.14. The Balaban J connectivity index is 2.54. The fourth-order valence-electron chi connectivity index (χ4n) is 2.77. The molecule has 20 heavy (non-hydrogen) atoms. The van der Waals surface area contributed by atoms with Crippen LogP contribution in [0.5, 0.6) is 0 Å². The quantitative estimate of drug-likeness (QED) is 0.875. The molecular formula is C13H15F3N2O2. The Kier molecular flexibility index (Phi) is 3.73. The van der Waals surface area contributed by atoms with Gasteiger partial charge >= 0.3 is 12.1 Å². The molecule has 1 aromatic rings. The number of hydrogen-bond acceptors (Lipinski definition) is 3. The molecule has 0 saturated heterocycles. The zero-order valence-corrected chi connectivity index (χ0v) is 10.7. The van der Waals surface area contributed by atoms with Crippen LogP contribution >= 0.6 is 0 Å². The summed E-state index contributed by atoms with van der Waals surface area (Å²) >= 11 is 0. The number of nitrogens with two attached hydrogens (primary N) is 1. The van der Waals surface area contributed by atoms with Crippen LogP contribution in [-0.2, 0) is 16.4 Å². The fourth-order valence-corrected chi connectivity index (χ4v) is 2.77. The number of carbonyl (C=O) groups is 1. The molecule has 1 heterocycles. The van der Waals surface area contributed by atoms with Crippen molar-refractivity contribution in [3.05, 3.63) is 29.6 Å². The molecule has 1 aliphatic rings. The summed E-state index contributed by atoms with van der Waals surface area (Å²) in [7, 11) is 0. The van der Waals surface area contributed by atoms with Crippen molar-refractivity contribution < 1.29 is 23.1 Å². The fraction of sp³-hybridized carbons (Fsp3) is 0.538. The van der Waals surface area contributed by atoms with Crippen molar-refractivity contribution in [3.63, 3.8) is 0 Å². The van der Waals surface area contributed by atoms with E-state index in [0.29, 0.717) is 19.0 Å². The van der Waals surface area contributed by atoms with E-state index in [1.54, 1.807) is 0 Å². The highest BCUT2D eigenvalue weighted by Gasteiger charge is 2.48. The van der Waals surface area contributed by atoms with Gasteiger partial charge in [0.2, 0.25) is 0 Å². The molecule has 0 unspecified atom stereocenters. The highest BCUT2D eigenvalue weighted by atomic mass is 19.4.